The van der Waals surface area contributed by atoms with E-state index in [1.165, 1.54) is 0 Å². The lowest BCUT2D eigenvalue weighted by atomic mass is 9.72. The maximum absolute atomic E-state index is 13.3. The zero-order valence-electron chi connectivity index (χ0n) is 19.7. The molecule has 6 heterocycles. The van der Waals surface area contributed by atoms with E-state index in [4.69, 9.17) is 28.4 Å². The third kappa shape index (κ3) is 3.00. The minimum atomic E-state index is -1.01. The molecule has 6 aliphatic rings. The fourth-order valence-electron chi connectivity index (χ4n) is 6.70. The highest BCUT2D eigenvalue weighted by atomic mass is 16.7. The van der Waals surface area contributed by atoms with Crippen LogP contribution in [0.3, 0.4) is 0 Å². The van der Waals surface area contributed by atoms with Crippen LogP contribution in [-0.2, 0) is 47.6 Å². The maximum Gasteiger partial charge on any atom is 0.312 e. The Labute approximate surface area is 196 Å². The second kappa shape index (κ2) is 7.16. The third-order valence-corrected chi connectivity index (χ3v) is 8.71. The number of hydrogen-bond acceptors (Lipinski definition) is 10. The van der Waals surface area contributed by atoms with Crippen molar-refractivity contribution in [2.45, 2.75) is 102 Å². The molecule has 6 aliphatic heterocycles. The Hall–Kier alpha value is -2.20. The number of carbonyl (C=O) groups is 4. The van der Waals surface area contributed by atoms with Crippen molar-refractivity contribution in [3.8, 4) is 0 Å². The van der Waals surface area contributed by atoms with Gasteiger partial charge in [0.05, 0.1) is 34.9 Å². The molecule has 0 aromatic heterocycles. The molecule has 34 heavy (non-hydrogen) atoms. The molecule has 0 saturated carbocycles. The molecule has 6 fully saturated rings. The lowest BCUT2D eigenvalue weighted by Crippen LogP contribution is -2.46. The standard InChI is InChI=1S/C24H30O10/c1-5-24(4,22(28)34-16-12-7-10-14(30-12)18(16)32-20(10)26)8-23(2,3)21(27)33-15-11-6-9-13(29-11)17(15)31-19(9)25/h9-18H,5-8H2,1-4H3. The van der Waals surface area contributed by atoms with Gasteiger partial charge in [0.15, 0.2) is 24.4 Å². The summed E-state index contributed by atoms with van der Waals surface area (Å²) in [7, 11) is 0. The van der Waals surface area contributed by atoms with Crippen LogP contribution >= 0.6 is 0 Å². The van der Waals surface area contributed by atoms with Crippen LogP contribution in [0.25, 0.3) is 0 Å². The molecule has 10 heteroatoms. The van der Waals surface area contributed by atoms with E-state index in [1.54, 1.807) is 20.8 Å². The van der Waals surface area contributed by atoms with Crippen LogP contribution in [0.5, 0.6) is 0 Å². The van der Waals surface area contributed by atoms with E-state index >= 15 is 0 Å². The van der Waals surface area contributed by atoms with E-state index < -0.39 is 47.2 Å². The third-order valence-electron chi connectivity index (χ3n) is 8.71. The number of ether oxygens (including phenoxy) is 6. The van der Waals surface area contributed by atoms with Crippen LogP contribution in [0.2, 0.25) is 0 Å². The average Bonchev–Trinajstić information content (AvgIpc) is 3.57. The molecule has 11 unspecified atom stereocenters. The molecule has 0 aliphatic carbocycles. The Morgan fingerprint density at radius 1 is 0.824 bits per heavy atom. The zero-order valence-corrected chi connectivity index (χ0v) is 19.7. The first-order valence-corrected chi connectivity index (χ1v) is 12.2. The SMILES string of the molecule is CCC(C)(CC(C)(C)C(=O)OC1C2CC3C(=O)OC1C3O2)C(=O)OC1C2CC3C(=O)OC1C3O2. The van der Waals surface area contributed by atoms with Crippen molar-refractivity contribution >= 4 is 23.9 Å². The summed E-state index contributed by atoms with van der Waals surface area (Å²) in [5.74, 6) is -2.04. The lowest BCUT2D eigenvalue weighted by Gasteiger charge is -2.36. The van der Waals surface area contributed by atoms with Gasteiger partial charge in [0.1, 0.15) is 12.2 Å². The first-order valence-electron chi connectivity index (χ1n) is 12.2. The summed E-state index contributed by atoms with van der Waals surface area (Å²) < 4.78 is 34.1. The molecule has 6 rings (SSSR count). The van der Waals surface area contributed by atoms with Gasteiger partial charge in [0.2, 0.25) is 0 Å². The normalized spacial score (nSPS) is 44.7. The Morgan fingerprint density at radius 2 is 1.29 bits per heavy atom. The summed E-state index contributed by atoms with van der Waals surface area (Å²) in [6.45, 7) is 7.11. The Kier molecular flexibility index (Phi) is 4.69. The van der Waals surface area contributed by atoms with Crippen LogP contribution in [0.1, 0.15) is 53.4 Å². The predicted molar refractivity (Wildman–Crippen MR) is 110 cm³/mol. The van der Waals surface area contributed by atoms with Crippen molar-refractivity contribution in [2.75, 3.05) is 0 Å². The number of esters is 4. The first-order chi connectivity index (χ1) is 16.0. The molecule has 4 bridgehead atoms. The van der Waals surface area contributed by atoms with Crippen molar-refractivity contribution in [1.82, 2.24) is 0 Å². The van der Waals surface area contributed by atoms with E-state index in [-0.39, 0.29) is 54.6 Å². The highest BCUT2D eigenvalue weighted by Crippen LogP contribution is 2.50. The second-order valence-corrected chi connectivity index (χ2v) is 11.5. The van der Waals surface area contributed by atoms with Gasteiger partial charge in [-0.05, 0) is 46.5 Å². The number of fused-ring (bicyclic) bond motifs is 2. The summed E-state index contributed by atoms with van der Waals surface area (Å²) in [6, 6.07) is 0. The van der Waals surface area contributed by atoms with Crippen molar-refractivity contribution < 1.29 is 47.6 Å². The molecule has 0 radical (unpaired) electrons. The van der Waals surface area contributed by atoms with Crippen LogP contribution in [-0.4, -0.2) is 72.7 Å². The van der Waals surface area contributed by atoms with Crippen LogP contribution in [0, 0.1) is 22.7 Å². The van der Waals surface area contributed by atoms with Gasteiger partial charge >= 0.3 is 23.9 Å². The summed E-state index contributed by atoms with van der Waals surface area (Å²) in [5.41, 5.74) is -1.98. The van der Waals surface area contributed by atoms with Gasteiger partial charge in [-0.25, -0.2) is 0 Å². The number of carbonyl (C=O) groups excluding carboxylic acids is 4. The molecule has 6 saturated heterocycles. The van der Waals surface area contributed by atoms with Crippen LogP contribution < -0.4 is 0 Å². The summed E-state index contributed by atoms with van der Waals surface area (Å²) >= 11 is 0. The van der Waals surface area contributed by atoms with Gasteiger partial charge in [-0.2, -0.15) is 0 Å². The summed E-state index contributed by atoms with van der Waals surface area (Å²) in [6.07, 6.45) is -2.13. The van der Waals surface area contributed by atoms with Gasteiger partial charge in [-0.1, -0.05) is 6.92 Å². The molecule has 10 nitrogen and oxygen atoms in total. The molecule has 0 aromatic carbocycles. The zero-order chi connectivity index (χ0) is 24.2. The van der Waals surface area contributed by atoms with Gasteiger partial charge in [-0.15, -0.1) is 0 Å². The van der Waals surface area contributed by atoms with Gasteiger partial charge < -0.3 is 28.4 Å². The first kappa shape index (κ1) is 22.3. The second-order valence-electron chi connectivity index (χ2n) is 11.5. The molecular formula is C24H30O10. The monoisotopic (exact) mass is 478 g/mol. The summed E-state index contributed by atoms with van der Waals surface area (Å²) in [5, 5.41) is 0. The van der Waals surface area contributed by atoms with Gasteiger partial charge in [0.25, 0.3) is 0 Å². The van der Waals surface area contributed by atoms with Crippen molar-refractivity contribution in [1.29, 1.82) is 0 Å². The van der Waals surface area contributed by atoms with Gasteiger partial charge in [0, 0.05) is 0 Å². The van der Waals surface area contributed by atoms with Crippen molar-refractivity contribution in [2.24, 2.45) is 22.7 Å². The molecular weight excluding hydrogens is 448 g/mol. The molecule has 11 atom stereocenters. The highest BCUT2D eigenvalue weighted by molar-refractivity contribution is 5.82. The Morgan fingerprint density at radius 3 is 1.76 bits per heavy atom. The van der Waals surface area contributed by atoms with E-state index in [1.807, 2.05) is 6.92 Å². The minimum Gasteiger partial charge on any atom is -0.455 e. The van der Waals surface area contributed by atoms with Crippen molar-refractivity contribution in [3.63, 3.8) is 0 Å². The van der Waals surface area contributed by atoms with Crippen LogP contribution in [0.15, 0.2) is 0 Å². The Balaban J connectivity index is 1.11. The fourth-order valence-corrected chi connectivity index (χ4v) is 6.70. The largest absolute Gasteiger partial charge is 0.455 e. The molecule has 0 spiro atoms. The highest BCUT2D eigenvalue weighted by Gasteiger charge is 2.66. The van der Waals surface area contributed by atoms with E-state index in [2.05, 4.69) is 0 Å². The molecule has 0 N–H and O–H groups in total. The van der Waals surface area contributed by atoms with Gasteiger partial charge in [-0.3, -0.25) is 19.2 Å². The number of hydrogen-bond donors (Lipinski definition) is 0. The quantitative estimate of drug-likeness (QED) is 0.388. The smallest absolute Gasteiger partial charge is 0.312 e. The Bertz CT molecular complexity index is 959. The van der Waals surface area contributed by atoms with E-state index in [0.29, 0.717) is 19.3 Å². The molecule has 0 aromatic rings. The average molecular weight is 478 g/mol. The van der Waals surface area contributed by atoms with Crippen LogP contribution in [0.4, 0.5) is 0 Å². The van der Waals surface area contributed by atoms with E-state index in [0.717, 1.165) is 0 Å². The topological polar surface area (TPSA) is 124 Å². The lowest BCUT2D eigenvalue weighted by molar-refractivity contribution is -0.177. The fraction of sp³-hybridized carbons (Fsp3) is 0.833. The molecule has 0 amide bonds. The predicted octanol–water partition coefficient (Wildman–Crippen LogP) is 1.07. The summed E-state index contributed by atoms with van der Waals surface area (Å²) in [4.78, 5) is 50.4. The number of rotatable bonds is 7. The minimum absolute atomic E-state index is 0.192. The molecule has 186 valence electrons. The van der Waals surface area contributed by atoms with E-state index in [9.17, 15) is 19.2 Å². The maximum atomic E-state index is 13.3. The van der Waals surface area contributed by atoms with Crippen molar-refractivity contribution in [3.05, 3.63) is 0 Å².